The van der Waals surface area contributed by atoms with Gasteiger partial charge in [-0.25, -0.2) is 4.79 Å². The molecule has 4 N–H and O–H groups in total. The minimum atomic E-state index is -0.655. The molecule has 0 bridgehead atoms. The molecule has 33 heavy (non-hydrogen) atoms. The molecular formula is C26H38N2O5. The maximum atomic E-state index is 12.8. The molecule has 1 aromatic carbocycles. The number of hydrogen-bond donors (Lipinski definition) is 4. The number of nitrogens with one attached hydrogen (secondary N) is 2. The number of benzene rings is 1. The lowest BCUT2D eigenvalue weighted by Gasteiger charge is -2.60. The zero-order chi connectivity index (χ0) is 24.1. The topological polar surface area (TPSA) is 108 Å². The number of carbonyl (C=O) groups excluding carboxylic acids is 2. The molecule has 2 aliphatic rings. The monoisotopic (exact) mass is 458 g/mol. The molecule has 2 saturated carbocycles. The lowest BCUT2D eigenvalue weighted by molar-refractivity contribution is -0.185. The number of aliphatic hydroxyl groups is 2. The predicted molar refractivity (Wildman–Crippen MR) is 126 cm³/mol. The van der Waals surface area contributed by atoms with Gasteiger partial charge in [-0.05, 0) is 48.5 Å². The molecule has 2 aliphatic carbocycles. The van der Waals surface area contributed by atoms with Crippen molar-refractivity contribution in [2.75, 3.05) is 13.2 Å². The Hall–Kier alpha value is -2.38. The van der Waals surface area contributed by atoms with E-state index in [0.29, 0.717) is 38.8 Å². The van der Waals surface area contributed by atoms with Gasteiger partial charge in [0.25, 0.3) is 0 Å². The zero-order valence-corrected chi connectivity index (χ0v) is 19.8. The third-order valence-electron chi connectivity index (χ3n) is 8.05. The molecule has 0 spiro atoms. The first kappa shape index (κ1) is 25.2. The van der Waals surface area contributed by atoms with E-state index in [-0.39, 0.29) is 36.2 Å². The molecule has 7 nitrogen and oxygen atoms in total. The summed E-state index contributed by atoms with van der Waals surface area (Å²) in [5.41, 5.74) is 0.0214. The summed E-state index contributed by atoms with van der Waals surface area (Å²) in [6, 6.07) is 9.74. The number of amides is 2. The minimum Gasteiger partial charge on any atom is -0.446 e. The quantitative estimate of drug-likeness (QED) is 0.448. The fraction of sp³-hybridized carbons (Fsp3) is 0.615. The van der Waals surface area contributed by atoms with Crippen LogP contribution in [0.5, 0.6) is 0 Å². The lowest BCUT2D eigenvalue weighted by Crippen LogP contribution is -2.61. The van der Waals surface area contributed by atoms with E-state index in [4.69, 9.17) is 4.74 Å². The van der Waals surface area contributed by atoms with Gasteiger partial charge in [-0.15, -0.1) is 6.58 Å². The van der Waals surface area contributed by atoms with Gasteiger partial charge in [0.2, 0.25) is 5.91 Å². The van der Waals surface area contributed by atoms with Crippen LogP contribution in [0.15, 0.2) is 43.0 Å². The van der Waals surface area contributed by atoms with Gasteiger partial charge in [0.05, 0.1) is 12.7 Å². The molecule has 0 heterocycles. The van der Waals surface area contributed by atoms with Crippen LogP contribution >= 0.6 is 0 Å². The number of aliphatic hydroxyl groups excluding tert-OH is 2. The molecule has 7 heteroatoms. The van der Waals surface area contributed by atoms with Crippen LogP contribution < -0.4 is 10.6 Å². The number of ether oxygens (including phenoxy) is 1. The summed E-state index contributed by atoms with van der Waals surface area (Å²) in [5.74, 6) is -0.303. The van der Waals surface area contributed by atoms with Gasteiger partial charge in [-0.2, -0.15) is 0 Å². The Morgan fingerprint density at radius 2 is 1.91 bits per heavy atom. The number of alkyl carbamates (subject to hydrolysis) is 1. The van der Waals surface area contributed by atoms with Crippen LogP contribution in [0.25, 0.3) is 0 Å². The van der Waals surface area contributed by atoms with Gasteiger partial charge in [-0.3, -0.25) is 4.79 Å². The largest absolute Gasteiger partial charge is 0.446 e. The number of carbonyl (C=O) groups is 2. The van der Waals surface area contributed by atoms with Crippen LogP contribution in [0.1, 0.15) is 51.5 Å². The predicted octanol–water partition coefficient (Wildman–Crippen LogP) is 3.16. The third kappa shape index (κ3) is 5.41. The van der Waals surface area contributed by atoms with Crippen molar-refractivity contribution >= 4 is 12.0 Å². The summed E-state index contributed by atoms with van der Waals surface area (Å²) in [6.45, 7) is 8.31. The molecule has 0 radical (unpaired) electrons. The smallest absolute Gasteiger partial charge is 0.407 e. The van der Waals surface area contributed by atoms with E-state index in [1.807, 2.05) is 37.3 Å². The maximum absolute atomic E-state index is 12.8. The summed E-state index contributed by atoms with van der Waals surface area (Å²) >= 11 is 0. The van der Waals surface area contributed by atoms with E-state index < -0.39 is 23.7 Å². The molecule has 0 aliphatic heterocycles. The second kappa shape index (κ2) is 10.7. The molecule has 1 aromatic rings. The Kier molecular flexibility index (Phi) is 8.19. The third-order valence-corrected chi connectivity index (χ3v) is 8.05. The van der Waals surface area contributed by atoms with Crippen LogP contribution in [0.3, 0.4) is 0 Å². The van der Waals surface area contributed by atoms with Crippen molar-refractivity contribution in [1.82, 2.24) is 10.6 Å². The summed E-state index contributed by atoms with van der Waals surface area (Å²) in [6.07, 6.45) is 2.83. The van der Waals surface area contributed by atoms with Crippen molar-refractivity contribution in [3.8, 4) is 0 Å². The average Bonchev–Trinajstić information content (AvgIpc) is 2.81. The van der Waals surface area contributed by atoms with Crippen molar-refractivity contribution in [1.29, 1.82) is 0 Å². The Morgan fingerprint density at radius 3 is 2.58 bits per heavy atom. The van der Waals surface area contributed by atoms with Crippen molar-refractivity contribution < 1.29 is 24.5 Å². The summed E-state index contributed by atoms with van der Waals surface area (Å²) in [5, 5.41) is 27.0. The highest BCUT2D eigenvalue weighted by Crippen LogP contribution is 2.61. The molecule has 3 rings (SSSR count). The van der Waals surface area contributed by atoms with E-state index in [0.717, 1.165) is 5.56 Å². The van der Waals surface area contributed by atoms with Crippen molar-refractivity contribution in [3.05, 3.63) is 48.6 Å². The molecule has 6 atom stereocenters. The van der Waals surface area contributed by atoms with E-state index in [9.17, 15) is 19.8 Å². The first-order valence-corrected chi connectivity index (χ1v) is 11.9. The van der Waals surface area contributed by atoms with Crippen LogP contribution in [0.2, 0.25) is 0 Å². The van der Waals surface area contributed by atoms with Crippen LogP contribution in [0.4, 0.5) is 4.79 Å². The SMILES string of the molecule is C=CCNC(=O)O[C@@H]1CC[C@]2(C)[C@H](CC[C@@H](O)[C@H]2CC(=O)NCc2ccccc2)[C@]1(C)CO. The molecule has 0 saturated heterocycles. The van der Waals surface area contributed by atoms with E-state index >= 15 is 0 Å². The first-order valence-electron chi connectivity index (χ1n) is 11.9. The Labute approximate surface area is 196 Å². The highest BCUT2D eigenvalue weighted by Gasteiger charge is 2.60. The average molecular weight is 459 g/mol. The normalized spacial score (nSPS) is 33.5. The molecule has 182 valence electrons. The van der Waals surface area contributed by atoms with E-state index in [2.05, 4.69) is 24.1 Å². The standard InChI is InChI=1S/C26H38N2O5/c1-4-14-27-24(32)33-22-12-13-25(2)19(20(30)10-11-21(25)26(22,3)17-29)15-23(31)28-16-18-8-6-5-7-9-18/h4-9,19-22,29-30H,1,10-17H2,2-3H3,(H,27,32)(H,28,31)/t19-,20-,21+,22-,25+,26+/m1/s1. The van der Waals surface area contributed by atoms with Crippen molar-refractivity contribution in [3.63, 3.8) is 0 Å². The fourth-order valence-corrected chi connectivity index (χ4v) is 6.17. The number of rotatable bonds is 8. The van der Waals surface area contributed by atoms with Gasteiger partial charge < -0.3 is 25.6 Å². The van der Waals surface area contributed by atoms with Crippen LogP contribution in [0, 0.1) is 22.7 Å². The first-order chi connectivity index (χ1) is 15.7. The summed E-state index contributed by atoms with van der Waals surface area (Å²) < 4.78 is 5.73. The number of fused-ring (bicyclic) bond motifs is 1. The maximum Gasteiger partial charge on any atom is 0.407 e. The molecule has 2 amide bonds. The van der Waals surface area contributed by atoms with E-state index in [1.54, 1.807) is 6.08 Å². The van der Waals surface area contributed by atoms with Gasteiger partial charge >= 0.3 is 6.09 Å². The van der Waals surface area contributed by atoms with Gasteiger partial charge in [0.1, 0.15) is 6.10 Å². The van der Waals surface area contributed by atoms with Gasteiger partial charge in [0, 0.05) is 24.9 Å². The van der Waals surface area contributed by atoms with Gasteiger partial charge in [-0.1, -0.05) is 50.3 Å². The van der Waals surface area contributed by atoms with Crippen molar-refractivity contribution in [2.24, 2.45) is 22.7 Å². The van der Waals surface area contributed by atoms with Crippen LogP contribution in [-0.2, 0) is 16.1 Å². The second-order valence-electron chi connectivity index (χ2n) is 10.0. The Balaban J connectivity index is 1.72. The van der Waals surface area contributed by atoms with E-state index in [1.165, 1.54) is 0 Å². The van der Waals surface area contributed by atoms with Gasteiger partial charge in [0.15, 0.2) is 0 Å². The Bertz CT molecular complexity index is 831. The molecule has 0 aromatic heterocycles. The Morgan fingerprint density at radius 1 is 1.18 bits per heavy atom. The number of hydrogen-bond acceptors (Lipinski definition) is 5. The highest BCUT2D eigenvalue weighted by molar-refractivity contribution is 5.76. The molecular weight excluding hydrogens is 420 g/mol. The van der Waals surface area contributed by atoms with Crippen molar-refractivity contribution in [2.45, 2.75) is 64.7 Å². The summed E-state index contributed by atoms with van der Waals surface area (Å²) in [4.78, 5) is 25.0. The molecule has 0 unspecified atom stereocenters. The second-order valence-corrected chi connectivity index (χ2v) is 10.0. The molecule has 2 fully saturated rings. The fourth-order valence-electron chi connectivity index (χ4n) is 6.17. The lowest BCUT2D eigenvalue weighted by atomic mass is 9.46. The van der Waals surface area contributed by atoms with Crippen LogP contribution in [-0.4, -0.2) is 47.6 Å². The minimum absolute atomic E-state index is 0.0104. The zero-order valence-electron chi connectivity index (χ0n) is 19.8. The highest BCUT2D eigenvalue weighted by atomic mass is 16.6. The summed E-state index contributed by atoms with van der Waals surface area (Å²) in [7, 11) is 0.